The Balaban J connectivity index is 1.90. The molecule has 1 amide bonds. The van der Waals surface area contributed by atoms with Crippen LogP contribution in [0.1, 0.15) is 42.2 Å². The summed E-state index contributed by atoms with van der Waals surface area (Å²) in [5.41, 5.74) is 0.412. The Morgan fingerprint density at radius 1 is 1.32 bits per heavy atom. The molecular weight excluding hydrogens is 303 g/mol. The summed E-state index contributed by atoms with van der Waals surface area (Å²) in [6.45, 7) is 4.34. The van der Waals surface area contributed by atoms with E-state index in [1.165, 1.54) is 23.5 Å². The molecule has 0 fully saturated rings. The monoisotopic (exact) mass is 322 g/mol. The highest BCUT2D eigenvalue weighted by Crippen LogP contribution is 2.16. The summed E-state index contributed by atoms with van der Waals surface area (Å²) in [6, 6.07) is 5.97. The number of benzene rings is 1. The lowest BCUT2D eigenvalue weighted by Gasteiger charge is -2.13. The SMILES string of the molecule is CCC(CC)NC(=O)c1csc(COc2ccc(F)cc2)n1. The second-order valence-electron chi connectivity index (χ2n) is 4.86. The van der Waals surface area contributed by atoms with Crippen molar-refractivity contribution in [3.8, 4) is 5.75 Å². The molecule has 0 saturated heterocycles. The number of rotatable bonds is 7. The minimum Gasteiger partial charge on any atom is -0.486 e. The smallest absolute Gasteiger partial charge is 0.270 e. The third kappa shape index (κ3) is 4.53. The number of aromatic nitrogens is 1. The van der Waals surface area contributed by atoms with Crippen LogP contribution in [0.15, 0.2) is 29.6 Å². The second kappa shape index (κ2) is 7.89. The van der Waals surface area contributed by atoms with Crippen LogP contribution in [0.2, 0.25) is 0 Å². The molecule has 0 aliphatic carbocycles. The van der Waals surface area contributed by atoms with Crippen LogP contribution in [0.3, 0.4) is 0 Å². The number of hydrogen-bond donors (Lipinski definition) is 1. The van der Waals surface area contributed by atoms with Crippen LogP contribution in [-0.4, -0.2) is 16.9 Å². The van der Waals surface area contributed by atoms with Gasteiger partial charge in [0.1, 0.15) is 28.9 Å². The molecule has 0 aliphatic heterocycles. The van der Waals surface area contributed by atoms with Gasteiger partial charge >= 0.3 is 0 Å². The van der Waals surface area contributed by atoms with Crippen molar-refractivity contribution in [1.82, 2.24) is 10.3 Å². The number of carbonyl (C=O) groups excluding carboxylic acids is 1. The van der Waals surface area contributed by atoms with Gasteiger partial charge in [-0.25, -0.2) is 9.37 Å². The van der Waals surface area contributed by atoms with Crippen molar-refractivity contribution in [1.29, 1.82) is 0 Å². The number of halogens is 1. The Morgan fingerprint density at radius 3 is 2.64 bits per heavy atom. The largest absolute Gasteiger partial charge is 0.486 e. The maximum Gasteiger partial charge on any atom is 0.270 e. The highest BCUT2D eigenvalue weighted by Gasteiger charge is 2.14. The highest BCUT2D eigenvalue weighted by atomic mass is 32.1. The molecule has 0 radical (unpaired) electrons. The lowest BCUT2D eigenvalue weighted by atomic mass is 10.2. The number of amides is 1. The van der Waals surface area contributed by atoms with Gasteiger partial charge in [-0.3, -0.25) is 4.79 Å². The van der Waals surface area contributed by atoms with Crippen molar-refractivity contribution >= 4 is 17.2 Å². The van der Waals surface area contributed by atoms with Gasteiger partial charge in [0.25, 0.3) is 5.91 Å². The lowest BCUT2D eigenvalue weighted by Crippen LogP contribution is -2.34. The van der Waals surface area contributed by atoms with E-state index in [1.807, 2.05) is 13.8 Å². The van der Waals surface area contributed by atoms with Gasteiger partial charge in [0.05, 0.1) is 0 Å². The first kappa shape index (κ1) is 16.4. The summed E-state index contributed by atoms with van der Waals surface area (Å²) >= 11 is 1.37. The molecular formula is C16H19FN2O2S. The average Bonchev–Trinajstić information content (AvgIpc) is 3.01. The van der Waals surface area contributed by atoms with E-state index in [2.05, 4.69) is 10.3 Å². The van der Waals surface area contributed by atoms with Gasteiger partial charge in [0.15, 0.2) is 0 Å². The van der Waals surface area contributed by atoms with Gasteiger partial charge in [0.2, 0.25) is 0 Å². The molecule has 2 aromatic rings. The molecule has 0 saturated carbocycles. The Kier molecular flexibility index (Phi) is 5.89. The fourth-order valence-electron chi connectivity index (χ4n) is 1.91. The molecule has 22 heavy (non-hydrogen) atoms. The molecule has 118 valence electrons. The first-order valence-electron chi connectivity index (χ1n) is 7.26. The molecule has 1 aromatic heterocycles. The van der Waals surface area contributed by atoms with Gasteiger partial charge in [-0.2, -0.15) is 0 Å². The van der Waals surface area contributed by atoms with Crippen molar-refractivity contribution in [3.05, 3.63) is 46.2 Å². The lowest BCUT2D eigenvalue weighted by molar-refractivity contribution is 0.0930. The van der Waals surface area contributed by atoms with Crippen molar-refractivity contribution in [2.24, 2.45) is 0 Å². The van der Waals surface area contributed by atoms with Crippen LogP contribution in [0.5, 0.6) is 5.75 Å². The van der Waals surface area contributed by atoms with Gasteiger partial charge in [0, 0.05) is 11.4 Å². The summed E-state index contributed by atoms with van der Waals surface area (Å²) < 4.78 is 18.3. The number of thiazole rings is 1. The zero-order valence-corrected chi connectivity index (χ0v) is 13.5. The standard InChI is InChI=1S/C16H19FN2O2S/c1-3-12(4-2)18-16(20)14-10-22-15(19-14)9-21-13-7-5-11(17)6-8-13/h5-8,10,12H,3-4,9H2,1-2H3,(H,18,20). The second-order valence-corrected chi connectivity index (χ2v) is 5.80. The molecule has 0 atom stereocenters. The predicted molar refractivity (Wildman–Crippen MR) is 84.7 cm³/mol. The average molecular weight is 322 g/mol. The summed E-state index contributed by atoms with van der Waals surface area (Å²) in [5.74, 6) is 0.111. The van der Waals surface area contributed by atoms with Crippen LogP contribution < -0.4 is 10.1 Å². The maximum absolute atomic E-state index is 12.8. The van der Waals surface area contributed by atoms with E-state index in [0.717, 1.165) is 12.8 Å². The van der Waals surface area contributed by atoms with Crippen molar-refractivity contribution in [2.75, 3.05) is 0 Å². The van der Waals surface area contributed by atoms with E-state index in [0.29, 0.717) is 16.5 Å². The van der Waals surface area contributed by atoms with Crippen LogP contribution in [0.4, 0.5) is 4.39 Å². The van der Waals surface area contributed by atoms with E-state index in [9.17, 15) is 9.18 Å². The van der Waals surface area contributed by atoms with Crippen LogP contribution in [0, 0.1) is 5.82 Å². The Morgan fingerprint density at radius 2 is 2.00 bits per heavy atom. The number of nitrogens with one attached hydrogen (secondary N) is 1. The van der Waals surface area contributed by atoms with Crippen LogP contribution >= 0.6 is 11.3 Å². The number of nitrogens with zero attached hydrogens (tertiary/aromatic N) is 1. The predicted octanol–water partition coefficient (Wildman–Crippen LogP) is 3.78. The summed E-state index contributed by atoms with van der Waals surface area (Å²) in [7, 11) is 0. The van der Waals surface area contributed by atoms with Crippen molar-refractivity contribution < 1.29 is 13.9 Å². The van der Waals surface area contributed by atoms with E-state index >= 15 is 0 Å². The molecule has 0 unspecified atom stereocenters. The number of carbonyl (C=O) groups is 1. The third-order valence-electron chi connectivity index (χ3n) is 3.28. The molecule has 4 nitrogen and oxygen atoms in total. The fraction of sp³-hybridized carbons (Fsp3) is 0.375. The number of hydrogen-bond acceptors (Lipinski definition) is 4. The Bertz CT molecular complexity index is 609. The molecule has 6 heteroatoms. The van der Waals surface area contributed by atoms with E-state index in [-0.39, 0.29) is 24.4 Å². The van der Waals surface area contributed by atoms with Gasteiger partial charge in [-0.1, -0.05) is 13.8 Å². The highest BCUT2D eigenvalue weighted by molar-refractivity contribution is 7.09. The van der Waals surface area contributed by atoms with Crippen LogP contribution in [-0.2, 0) is 6.61 Å². The summed E-state index contributed by atoms with van der Waals surface area (Å²) in [6.07, 6.45) is 1.79. The van der Waals surface area contributed by atoms with E-state index in [1.54, 1.807) is 17.5 Å². The van der Waals surface area contributed by atoms with E-state index in [4.69, 9.17) is 4.74 Å². The molecule has 0 spiro atoms. The maximum atomic E-state index is 12.8. The minimum absolute atomic E-state index is 0.155. The first-order chi connectivity index (χ1) is 10.6. The normalized spacial score (nSPS) is 10.7. The molecule has 0 aliphatic rings. The molecule has 1 aromatic carbocycles. The quantitative estimate of drug-likeness (QED) is 0.844. The van der Waals surface area contributed by atoms with Gasteiger partial charge in [-0.15, -0.1) is 11.3 Å². The third-order valence-corrected chi connectivity index (χ3v) is 4.10. The molecule has 2 rings (SSSR count). The van der Waals surface area contributed by atoms with Crippen LogP contribution in [0.25, 0.3) is 0 Å². The zero-order chi connectivity index (χ0) is 15.9. The fourth-order valence-corrected chi connectivity index (χ4v) is 2.59. The van der Waals surface area contributed by atoms with Gasteiger partial charge in [-0.05, 0) is 37.1 Å². The summed E-state index contributed by atoms with van der Waals surface area (Å²) in [4.78, 5) is 16.3. The molecule has 0 bridgehead atoms. The zero-order valence-electron chi connectivity index (χ0n) is 12.6. The first-order valence-corrected chi connectivity index (χ1v) is 8.14. The topological polar surface area (TPSA) is 51.2 Å². The number of ether oxygens (including phenoxy) is 1. The Labute approximate surface area is 133 Å². The van der Waals surface area contributed by atoms with E-state index < -0.39 is 0 Å². The van der Waals surface area contributed by atoms with Crippen molar-refractivity contribution in [2.45, 2.75) is 39.3 Å². The molecule has 1 heterocycles. The summed E-state index contributed by atoms with van der Waals surface area (Å²) in [5, 5.41) is 5.38. The molecule has 1 N–H and O–H groups in total. The minimum atomic E-state index is -0.304. The Hall–Kier alpha value is -1.95. The van der Waals surface area contributed by atoms with Gasteiger partial charge < -0.3 is 10.1 Å². The van der Waals surface area contributed by atoms with Crippen molar-refractivity contribution in [3.63, 3.8) is 0 Å².